The number of halogens is 1. The van der Waals surface area contributed by atoms with Gasteiger partial charge in [-0.15, -0.1) is 0 Å². The summed E-state index contributed by atoms with van der Waals surface area (Å²) in [7, 11) is 0. The van der Waals surface area contributed by atoms with Crippen LogP contribution in [0.1, 0.15) is 5.56 Å². The van der Waals surface area contributed by atoms with Crippen LogP contribution in [-0.2, 0) is 0 Å². The maximum absolute atomic E-state index is 8.77. The maximum Gasteiger partial charge on any atom is 0.121 e. The zero-order chi connectivity index (χ0) is 10.1. The van der Waals surface area contributed by atoms with Crippen LogP contribution in [0.25, 0.3) is 10.9 Å². The Morgan fingerprint density at radius 2 is 2.14 bits per heavy atom. The van der Waals surface area contributed by atoms with E-state index >= 15 is 0 Å². The number of nitrogens with zero attached hydrogens (tertiary/aromatic N) is 1. The number of rotatable bonds is 0. The molecule has 1 aromatic carbocycles. The van der Waals surface area contributed by atoms with Gasteiger partial charge < -0.3 is 4.98 Å². The largest absolute Gasteiger partial charge is 0.345 e. The van der Waals surface area contributed by atoms with Crippen molar-refractivity contribution in [1.82, 2.24) is 4.98 Å². The molecule has 0 aliphatic heterocycles. The molecule has 1 aromatic heterocycles. The predicted molar refractivity (Wildman–Crippen MR) is 58.9 cm³/mol. The van der Waals surface area contributed by atoms with Crippen molar-refractivity contribution in [1.29, 1.82) is 5.26 Å². The molecule has 0 radical (unpaired) electrons. The van der Waals surface area contributed by atoms with Gasteiger partial charge in [-0.3, -0.25) is 0 Å². The molecule has 1 heterocycles. The summed E-state index contributed by atoms with van der Waals surface area (Å²) >= 11 is 10.8. The lowest BCUT2D eigenvalue weighted by Crippen LogP contribution is -1.84. The smallest absolute Gasteiger partial charge is 0.121 e. The molecule has 2 aromatic rings. The molecule has 0 saturated carbocycles. The number of hydrogen-bond acceptors (Lipinski definition) is 2. The quantitative estimate of drug-likeness (QED) is 0.691. The molecule has 0 aliphatic carbocycles. The van der Waals surface area contributed by atoms with Gasteiger partial charge in [-0.25, -0.2) is 0 Å². The van der Waals surface area contributed by atoms with Crippen molar-refractivity contribution in [2.75, 3.05) is 0 Å². The monoisotopic (exact) mass is 220 g/mol. The van der Waals surface area contributed by atoms with E-state index in [0.29, 0.717) is 15.2 Å². The van der Waals surface area contributed by atoms with Crippen LogP contribution >= 0.6 is 23.8 Å². The van der Waals surface area contributed by atoms with Crippen LogP contribution in [0.3, 0.4) is 0 Å². The van der Waals surface area contributed by atoms with Crippen LogP contribution in [0.5, 0.6) is 0 Å². The van der Waals surface area contributed by atoms with Crippen molar-refractivity contribution in [2.45, 2.75) is 0 Å². The summed E-state index contributed by atoms with van der Waals surface area (Å²) in [6.07, 6.45) is 0. The first-order chi connectivity index (χ1) is 6.70. The van der Waals surface area contributed by atoms with Crippen molar-refractivity contribution in [2.24, 2.45) is 0 Å². The molecule has 0 spiro atoms. The number of nitriles is 1. The summed E-state index contributed by atoms with van der Waals surface area (Å²) in [5, 5.41) is 10.3. The van der Waals surface area contributed by atoms with Gasteiger partial charge >= 0.3 is 0 Å². The van der Waals surface area contributed by atoms with E-state index in [9.17, 15) is 0 Å². The lowest BCUT2D eigenvalue weighted by atomic mass is 10.2. The SMILES string of the molecule is N#Cc1cc2ccc(Cl)cc2[nH]c1=S. The third-order valence-electron chi connectivity index (χ3n) is 1.93. The standard InChI is InChI=1S/C10H5ClN2S/c11-8-2-1-6-3-7(5-12)10(14)13-9(6)4-8/h1-4H,(H,13,14). The lowest BCUT2D eigenvalue weighted by molar-refractivity contribution is 1.34. The average Bonchev–Trinajstić information content (AvgIpc) is 2.16. The molecular formula is C10H5ClN2S. The number of pyridine rings is 1. The second-order valence-corrected chi connectivity index (χ2v) is 3.70. The van der Waals surface area contributed by atoms with E-state index in [2.05, 4.69) is 4.98 Å². The fraction of sp³-hybridized carbons (Fsp3) is 0. The topological polar surface area (TPSA) is 39.6 Å². The molecule has 0 amide bonds. The minimum absolute atomic E-state index is 0.447. The normalized spacial score (nSPS) is 10.0. The molecular weight excluding hydrogens is 216 g/mol. The van der Waals surface area contributed by atoms with Gasteiger partial charge in [0.05, 0.1) is 5.56 Å². The van der Waals surface area contributed by atoms with Gasteiger partial charge in [-0.05, 0) is 23.6 Å². The highest BCUT2D eigenvalue weighted by molar-refractivity contribution is 7.71. The van der Waals surface area contributed by atoms with Gasteiger partial charge in [0, 0.05) is 10.5 Å². The van der Waals surface area contributed by atoms with Gasteiger partial charge in [0.1, 0.15) is 10.7 Å². The van der Waals surface area contributed by atoms with Crippen LogP contribution in [0.2, 0.25) is 5.02 Å². The van der Waals surface area contributed by atoms with Crippen LogP contribution in [0.15, 0.2) is 24.3 Å². The fourth-order valence-corrected chi connectivity index (χ4v) is 1.64. The fourth-order valence-electron chi connectivity index (χ4n) is 1.26. The highest BCUT2D eigenvalue weighted by Crippen LogP contribution is 2.18. The molecule has 0 atom stereocenters. The lowest BCUT2D eigenvalue weighted by Gasteiger charge is -1.99. The summed E-state index contributed by atoms with van der Waals surface area (Å²) in [4.78, 5) is 2.96. The summed E-state index contributed by atoms with van der Waals surface area (Å²) in [6, 6.07) is 9.20. The van der Waals surface area contributed by atoms with Gasteiger partial charge in [-0.2, -0.15) is 5.26 Å². The third-order valence-corrected chi connectivity index (χ3v) is 2.49. The minimum atomic E-state index is 0.447. The van der Waals surface area contributed by atoms with E-state index in [1.807, 2.05) is 12.1 Å². The zero-order valence-corrected chi connectivity index (χ0v) is 8.62. The van der Waals surface area contributed by atoms with Crippen LogP contribution in [0, 0.1) is 16.0 Å². The number of fused-ring (bicyclic) bond motifs is 1. The van der Waals surface area contributed by atoms with E-state index in [1.165, 1.54) is 0 Å². The zero-order valence-electron chi connectivity index (χ0n) is 7.04. The average molecular weight is 221 g/mol. The second kappa shape index (κ2) is 3.41. The van der Waals surface area contributed by atoms with Crippen molar-refractivity contribution in [3.05, 3.63) is 39.5 Å². The number of nitrogens with one attached hydrogen (secondary N) is 1. The van der Waals surface area contributed by atoms with Crippen molar-refractivity contribution < 1.29 is 0 Å². The number of H-pyrrole nitrogens is 1. The van der Waals surface area contributed by atoms with Crippen molar-refractivity contribution in [3.8, 4) is 6.07 Å². The van der Waals surface area contributed by atoms with Crippen molar-refractivity contribution >= 4 is 34.7 Å². The number of benzene rings is 1. The Hall–Kier alpha value is -1.37. The van der Waals surface area contributed by atoms with E-state index in [0.717, 1.165) is 10.9 Å². The second-order valence-electron chi connectivity index (χ2n) is 2.86. The Kier molecular flexibility index (Phi) is 2.24. The Morgan fingerprint density at radius 3 is 2.86 bits per heavy atom. The molecule has 0 saturated heterocycles. The maximum atomic E-state index is 8.77. The molecule has 14 heavy (non-hydrogen) atoms. The number of hydrogen-bond donors (Lipinski definition) is 1. The first-order valence-electron chi connectivity index (χ1n) is 3.93. The molecule has 0 bridgehead atoms. The summed E-state index contributed by atoms with van der Waals surface area (Å²) < 4.78 is 0.447. The molecule has 4 heteroatoms. The van der Waals surface area contributed by atoms with Gasteiger partial charge in [0.15, 0.2) is 0 Å². The Bertz CT molecular complexity index is 595. The van der Waals surface area contributed by atoms with Crippen molar-refractivity contribution in [3.63, 3.8) is 0 Å². The molecule has 1 N–H and O–H groups in total. The summed E-state index contributed by atoms with van der Waals surface area (Å²) in [6.45, 7) is 0. The third kappa shape index (κ3) is 1.50. The molecule has 0 aliphatic rings. The van der Waals surface area contributed by atoms with Gasteiger partial charge in [0.2, 0.25) is 0 Å². The Labute approximate surface area is 90.8 Å². The highest BCUT2D eigenvalue weighted by Gasteiger charge is 1.99. The van der Waals surface area contributed by atoms with Gasteiger partial charge in [-0.1, -0.05) is 29.9 Å². The number of aromatic nitrogens is 1. The molecule has 0 unspecified atom stereocenters. The van der Waals surface area contributed by atoms with E-state index < -0.39 is 0 Å². The van der Waals surface area contributed by atoms with Crippen LogP contribution in [0.4, 0.5) is 0 Å². The summed E-state index contributed by atoms with van der Waals surface area (Å²) in [5.74, 6) is 0. The number of aromatic amines is 1. The van der Waals surface area contributed by atoms with E-state index in [-0.39, 0.29) is 0 Å². The summed E-state index contributed by atoms with van der Waals surface area (Å²) in [5.41, 5.74) is 1.33. The van der Waals surface area contributed by atoms with E-state index in [1.54, 1.807) is 18.2 Å². The van der Waals surface area contributed by atoms with Gasteiger partial charge in [0.25, 0.3) is 0 Å². The molecule has 0 fully saturated rings. The van der Waals surface area contributed by atoms with E-state index in [4.69, 9.17) is 29.1 Å². The minimum Gasteiger partial charge on any atom is -0.345 e. The Balaban J connectivity index is 2.88. The first-order valence-corrected chi connectivity index (χ1v) is 4.72. The Morgan fingerprint density at radius 1 is 1.36 bits per heavy atom. The molecule has 2 rings (SSSR count). The van der Waals surface area contributed by atoms with Crippen LogP contribution < -0.4 is 0 Å². The first kappa shape index (κ1) is 9.20. The van der Waals surface area contributed by atoms with Crippen LogP contribution in [-0.4, -0.2) is 4.98 Å². The molecule has 68 valence electrons. The molecule has 2 nitrogen and oxygen atoms in total. The predicted octanol–water partition coefficient (Wildman–Crippen LogP) is 3.42. The highest BCUT2D eigenvalue weighted by atomic mass is 35.5.